The third kappa shape index (κ3) is 2.82. The molecule has 0 fully saturated rings. The average Bonchev–Trinajstić information content (AvgIpc) is 2.55. The SMILES string of the molecule is N#CCC(=O)Nc1cccc(-c2cccc3ccccc23)c1. The highest BCUT2D eigenvalue weighted by molar-refractivity contribution is 5.98. The summed E-state index contributed by atoms with van der Waals surface area (Å²) in [6.07, 6.45) is -0.140. The Morgan fingerprint density at radius 2 is 1.77 bits per heavy atom. The molecule has 0 aliphatic rings. The van der Waals surface area contributed by atoms with Crippen LogP contribution in [0, 0.1) is 11.3 Å². The van der Waals surface area contributed by atoms with Crippen molar-refractivity contribution in [2.45, 2.75) is 6.42 Å². The molecule has 1 N–H and O–H groups in total. The van der Waals surface area contributed by atoms with Crippen LogP contribution in [0.25, 0.3) is 21.9 Å². The van der Waals surface area contributed by atoms with Crippen LogP contribution in [-0.4, -0.2) is 5.91 Å². The zero-order valence-electron chi connectivity index (χ0n) is 11.9. The Bertz CT molecular complexity index is 872. The Morgan fingerprint density at radius 3 is 2.64 bits per heavy atom. The van der Waals surface area contributed by atoms with Gasteiger partial charge in [0, 0.05) is 5.69 Å². The lowest BCUT2D eigenvalue weighted by molar-refractivity contribution is -0.115. The van der Waals surface area contributed by atoms with Gasteiger partial charge in [-0.05, 0) is 34.0 Å². The van der Waals surface area contributed by atoms with Gasteiger partial charge in [0.15, 0.2) is 0 Å². The summed E-state index contributed by atoms with van der Waals surface area (Å²) in [4.78, 5) is 11.5. The number of hydrogen-bond acceptors (Lipinski definition) is 2. The van der Waals surface area contributed by atoms with Crippen LogP contribution in [0.3, 0.4) is 0 Å². The maximum Gasteiger partial charge on any atom is 0.238 e. The smallest absolute Gasteiger partial charge is 0.238 e. The molecule has 0 atom stereocenters. The molecular weight excluding hydrogens is 272 g/mol. The summed E-state index contributed by atoms with van der Waals surface area (Å²) in [5, 5.41) is 13.6. The zero-order valence-corrected chi connectivity index (χ0v) is 11.9. The highest BCUT2D eigenvalue weighted by atomic mass is 16.1. The second kappa shape index (κ2) is 6.11. The molecule has 1 amide bonds. The van der Waals surface area contributed by atoms with Crippen LogP contribution in [-0.2, 0) is 4.79 Å². The lowest BCUT2D eigenvalue weighted by Gasteiger charge is -2.09. The van der Waals surface area contributed by atoms with E-state index < -0.39 is 0 Å². The Balaban J connectivity index is 2.01. The molecule has 3 aromatic carbocycles. The Hall–Kier alpha value is -3.12. The minimum atomic E-state index is -0.294. The first kappa shape index (κ1) is 13.8. The van der Waals surface area contributed by atoms with Crippen LogP contribution in [0.5, 0.6) is 0 Å². The maximum atomic E-state index is 11.5. The number of nitriles is 1. The fourth-order valence-corrected chi connectivity index (χ4v) is 2.52. The summed E-state index contributed by atoms with van der Waals surface area (Å²) in [6.45, 7) is 0. The van der Waals surface area contributed by atoms with E-state index in [0.717, 1.165) is 11.1 Å². The summed E-state index contributed by atoms with van der Waals surface area (Å²) in [5.74, 6) is -0.294. The van der Waals surface area contributed by atoms with Gasteiger partial charge in [0.2, 0.25) is 5.91 Å². The number of anilines is 1. The van der Waals surface area contributed by atoms with E-state index in [2.05, 4.69) is 29.6 Å². The molecule has 0 saturated heterocycles. The van der Waals surface area contributed by atoms with E-state index in [0.29, 0.717) is 5.69 Å². The van der Waals surface area contributed by atoms with Crippen molar-refractivity contribution in [1.82, 2.24) is 0 Å². The average molecular weight is 286 g/mol. The predicted molar refractivity (Wildman–Crippen MR) is 88.2 cm³/mol. The molecule has 0 unspecified atom stereocenters. The third-order valence-corrected chi connectivity index (χ3v) is 3.49. The lowest BCUT2D eigenvalue weighted by Crippen LogP contribution is -2.09. The van der Waals surface area contributed by atoms with Crippen molar-refractivity contribution in [3.8, 4) is 17.2 Å². The van der Waals surface area contributed by atoms with Crippen molar-refractivity contribution >= 4 is 22.4 Å². The standard InChI is InChI=1S/C19H14N2O/c20-12-11-19(22)21-16-8-3-7-15(13-16)18-10-4-6-14-5-1-2-9-17(14)18/h1-10,13H,11H2,(H,21,22). The van der Waals surface area contributed by atoms with E-state index >= 15 is 0 Å². The van der Waals surface area contributed by atoms with Crippen LogP contribution in [0.4, 0.5) is 5.69 Å². The first-order chi connectivity index (χ1) is 10.8. The number of nitrogens with one attached hydrogen (secondary N) is 1. The summed E-state index contributed by atoms with van der Waals surface area (Å²) < 4.78 is 0. The summed E-state index contributed by atoms with van der Waals surface area (Å²) in [6, 6.07) is 23.9. The molecule has 3 heteroatoms. The van der Waals surface area contributed by atoms with Gasteiger partial charge in [-0.3, -0.25) is 4.79 Å². The number of rotatable bonds is 3. The molecule has 0 saturated carbocycles. The fraction of sp³-hybridized carbons (Fsp3) is 0.0526. The van der Waals surface area contributed by atoms with Crippen molar-refractivity contribution in [1.29, 1.82) is 5.26 Å². The predicted octanol–water partition coefficient (Wildman–Crippen LogP) is 4.36. The van der Waals surface area contributed by atoms with E-state index in [4.69, 9.17) is 5.26 Å². The summed E-state index contributed by atoms with van der Waals surface area (Å²) in [5.41, 5.74) is 2.85. The molecule has 3 aromatic rings. The van der Waals surface area contributed by atoms with E-state index in [1.807, 2.05) is 48.5 Å². The number of hydrogen-bond donors (Lipinski definition) is 1. The molecule has 0 bridgehead atoms. The van der Waals surface area contributed by atoms with Crippen molar-refractivity contribution in [2.75, 3.05) is 5.32 Å². The van der Waals surface area contributed by atoms with Gasteiger partial charge in [0.05, 0.1) is 6.07 Å². The maximum absolute atomic E-state index is 11.5. The minimum absolute atomic E-state index is 0.140. The number of amides is 1. The van der Waals surface area contributed by atoms with Crippen LogP contribution < -0.4 is 5.32 Å². The molecule has 0 radical (unpaired) electrons. The van der Waals surface area contributed by atoms with E-state index in [1.165, 1.54) is 10.8 Å². The molecule has 0 heterocycles. The molecule has 3 nitrogen and oxygen atoms in total. The highest BCUT2D eigenvalue weighted by Gasteiger charge is 2.06. The van der Waals surface area contributed by atoms with Crippen molar-refractivity contribution in [3.63, 3.8) is 0 Å². The van der Waals surface area contributed by atoms with Crippen molar-refractivity contribution in [2.24, 2.45) is 0 Å². The number of fused-ring (bicyclic) bond motifs is 1. The molecule has 0 spiro atoms. The molecule has 0 aromatic heterocycles. The second-order valence-corrected chi connectivity index (χ2v) is 4.99. The van der Waals surface area contributed by atoms with Gasteiger partial charge in [-0.2, -0.15) is 5.26 Å². The Kier molecular flexibility index (Phi) is 3.84. The molecule has 22 heavy (non-hydrogen) atoms. The topological polar surface area (TPSA) is 52.9 Å². The highest BCUT2D eigenvalue weighted by Crippen LogP contribution is 2.30. The molecule has 3 rings (SSSR count). The third-order valence-electron chi connectivity index (χ3n) is 3.49. The van der Waals surface area contributed by atoms with Crippen LogP contribution in [0.1, 0.15) is 6.42 Å². The molecule has 106 valence electrons. The van der Waals surface area contributed by atoms with E-state index in [1.54, 1.807) is 0 Å². The van der Waals surface area contributed by atoms with Gasteiger partial charge in [-0.15, -0.1) is 0 Å². The second-order valence-electron chi connectivity index (χ2n) is 4.99. The summed E-state index contributed by atoms with van der Waals surface area (Å²) in [7, 11) is 0. The number of benzene rings is 3. The van der Waals surface area contributed by atoms with Crippen molar-refractivity contribution < 1.29 is 4.79 Å². The first-order valence-corrected chi connectivity index (χ1v) is 7.03. The lowest BCUT2D eigenvalue weighted by atomic mass is 9.98. The molecular formula is C19H14N2O. The van der Waals surface area contributed by atoms with Crippen LogP contribution >= 0.6 is 0 Å². The Labute approximate surface area is 128 Å². The monoisotopic (exact) mass is 286 g/mol. The van der Waals surface area contributed by atoms with Gasteiger partial charge in [0.1, 0.15) is 6.42 Å². The van der Waals surface area contributed by atoms with Gasteiger partial charge in [-0.25, -0.2) is 0 Å². The van der Waals surface area contributed by atoms with Gasteiger partial charge in [0.25, 0.3) is 0 Å². The van der Waals surface area contributed by atoms with Gasteiger partial charge < -0.3 is 5.32 Å². The quantitative estimate of drug-likeness (QED) is 0.777. The van der Waals surface area contributed by atoms with Crippen LogP contribution in [0.15, 0.2) is 66.7 Å². The summed E-state index contributed by atoms with van der Waals surface area (Å²) >= 11 is 0. The Morgan fingerprint density at radius 1 is 1.00 bits per heavy atom. The number of carbonyl (C=O) groups excluding carboxylic acids is 1. The first-order valence-electron chi connectivity index (χ1n) is 7.03. The largest absolute Gasteiger partial charge is 0.325 e. The normalized spacial score (nSPS) is 10.1. The molecule has 0 aliphatic heterocycles. The van der Waals surface area contributed by atoms with Crippen LogP contribution in [0.2, 0.25) is 0 Å². The fourth-order valence-electron chi connectivity index (χ4n) is 2.52. The number of carbonyl (C=O) groups is 1. The van der Waals surface area contributed by atoms with Crippen molar-refractivity contribution in [3.05, 3.63) is 66.7 Å². The van der Waals surface area contributed by atoms with Gasteiger partial charge in [-0.1, -0.05) is 54.6 Å². The van der Waals surface area contributed by atoms with E-state index in [9.17, 15) is 4.79 Å². The molecule has 0 aliphatic carbocycles. The zero-order chi connectivity index (χ0) is 15.4. The minimum Gasteiger partial charge on any atom is -0.325 e. The van der Waals surface area contributed by atoms with E-state index in [-0.39, 0.29) is 12.3 Å². The van der Waals surface area contributed by atoms with Gasteiger partial charge >= 0.3 is 0 Å². The number of nitrogens with zero attached hydrogens (tertiary/aromatic N) is 1.